The minimum atomic E-state index is -5.01. The lowest BCUT2D eigenvalue weighted by molar-refractivity contribution is -0.155. The van der Waals surface area contributed by atoms with Crippen LogP contribution in [0.25, 0.3) is 0 Å². The first-order valence-electron chi connectivity index (χ1n) is 4.82. The second-order valence-corrected chi connectivity index (χ2v) is 3.55. The minimum Gasteiger partial charge on any atom is -0.378 e. The monoisotopic (exact) mass is 304 g/mol. The van der Waals surface area contributed by atoms with Crippen LogP contribution in [0.15, 0.2) is 0 Å². The first kappa shape index (κ1) is 16.0. The van der Waals surface area contributed by atoms with Crippen LogP contribution in [0, 0.1) is 46.3 Å². The second-order valence-electron chi connectivity index (χ2n) is 3.55. The molecule has 0 bridgehead atoms. The molecular weight excluding hydrogens is 300 g/mol. The molecule has 110 valence electrons. The number of hydrogen-bond donors (Lipinski definition) is 1. The Kier molecular flexibility index (Phi) is 4.42. The van der Waals surface area contributed by atoms with Gasteiger partial charge in [0.05, 0.1) is 6.07 Å². The summed E-state index contributed by atoms with van der Waals surface area (Å²) in [4.78, 5) is 0. The van der Waals surface area contributed by atoms with Crippen LogP contribution in [-0.2, 0) is 0 Å². The average Bonchev–Trinajstić information content (AvgIpc) is 2.36. The quantitative estimate of drug-likeness (QED) is 0.527. The minimum absolute atomic E-state index is 0.798. The van der Waals surface area contributed by atoms with Crippen molar-refractivity contribution in [1.29, 1.82) is 5.26 Å². The molecule has 0 amide bonds. The van der Waals surface area contributed by atoms with Crippen LogP contribution in [0.3, 0.4) is 0 Å². The summed E-state index contributed by atoms with van der Waals surface area (Å²) in [7, 11) is 0. The maximum atomic E-state index is 13.1. The van der Waals surface area contributed by atoms with E-state index in [0.717, 1.165) is 6.07 Å². The molecule has 0 aromatic heterocycles. The summed E-state index contributed by atoms with van der Waals surface area (Å²) in [5, 5.41) is 9.63. The number of anilines is 1. The van der Waals surface area contributed by atoms with E-state index in [2.05, 4.69) is 0 Å². The van der Waals surface area contributed by atoms with Gasteiger partial charge in [-0.3, -0.25) is 0 Å². The number of halogens is 8. The molecule has 0 aliphatic heterocycles. The van der Waals surface area contributed by atoms with E-state index >= 15 is 0 Å². The van der Waals surface area contributed by atoms with Gasteiger partial charge in [0.15, 0.2) is 29.2 Å². The largest absolute Gasteiger partial charge is 0.406 e. The maximum absolute atomic E-state index is 13.1. The van der Waals surface area contributed by atoms with Crippen LogP contribution in [0.4, 0.5) is 40.8 Å². The van der Waals surface area contributed by atoms with E-state index in [1.807, 2.05) is 0 Å². The van der Waals surface area contributed by atoms with Crippen molar-refractivity contribution in [3.8, 4) is 6.07 Å². The predicted octanol–water partition coefficient (Wildman–Crippen LogP) is 3.50. The Morgan fingerprint density at radius 1 is 0.900 bits per heavy atom. The maximum Gasteiger partial charge on any atom is 0.406 e. The van der Waals surface area contributed by atoms with Gasteiger partial charge in [-0.15, -0.1) is 0 Å². The van der Waals surface area contributed by atoms with E-state index in [-0.39, 0.29) is 0 Å². The van der Waals surface area contributed by atoms with Gasteiger partial charge in [-0.1, -0.05) is 0 Å². The van der Waals surface area contributed by atoms with E-state index in [0.29, 0.717) is 0 Å². The van der Waals surface area contributed by atoms with E-state index in [9.17, 15) is 35.1 Å². The molecule has 0 radical (unpaired) electrons. The SMILES string of the molecule is N#CC(CNc1c(F)c(F)c(F)c(F)c1F)C(F)(F)F. The van der Waals surface area contributed by atoms with Gasteiger partial charge in [-0.05, 0) is 0 Å². The van der Waals surface area contributed by atoms with Crippen LogP contribution in [-0.4, -0.2) is 12.7 Å². The van der Waals surface area contributed by atoms with Crippen LogP contribution < -0.4 is 5.32 Å². The van der Waals surface area contributed by atoms with Gasteiger partial charge in [-0.2, -0.15) is 18.4 Å². The molecule has 0 aliphatic carbocycles. The van der Waals surface area contributed by atoms with Crippen molar-refractivity contribution < 1.29 is 35.1 Å². The number of nitrogens with one attached hydrogen (secondary N) is 1. The Balaban J connectivity index is 3.09. The topological polar surface area (TPSA) is 35.8 Å². The van der Waals surface area contributed by atoms with Gasteiger partial charge < -0.3 is 5.32 Å². The predicted molar refractivity (Wildman–Crippen MR) is 49.9 cm³/mol. The third-order valence-electron chi connectivity index (χ3n) is 2.24. The van der Waals surface area contributed by atoms with Crippen molar-refractivity contribution in [1.82, 2.24) is 0 Å². The van der Waals surface area contributed by atoms with Crippen molar-refractivity contribution in [3.05, 3.63) is 29.1 Å². The Morgan fingerprint density at radius 2 is 1.30 bits per heavy atom. The number of nitriles is 1. The van der Waals surface area contributed by atoms with Gasteiger partial charge in [0.1, 0.15) is 5.69 Å². The lowest BCUT2D eigenvalue weighted by Gasteiger charge is -2.16. The molecule has 10 heteroatoms. The Bertz CT molecular complexity index is 531. The molecule has 1 rings (SSSR count). The molecule has 1 unspecified atom stereocenters. The highest BCUT2D eigenvalue weighted by molar-refractivity contribution is 5.47. The first-order valence-corrected chi connectivity index (χ1v) is 4.82. The number of rotatable bonds is 3. The van der Waals surface area contributed by atoms with Gasteiger partial charge >= 0.3 is 6.18 Å². The molecule has 0 saturated carbocycles. The highest BCUT2D eigenvalue weighted by Gasteiger charge is 2.40. The van der Waals surface area contributed by atoms with Crippen molar-refractivity contribution in [3.63, 3.8) is 0 Å². The van der Waals surface area contributed by atoms with Crippen LogP contribution in [0.5, 0.6) is 0 Å². The third kappa shape index (κ3) is 2.92. The van der Waals surface area contributed by atoms with Crippen LogP contribution in [0.1, 0.15) is 0 Å². The van der Waals surface area contributed by atoms with Crippen molar-refractivity contribution in [2.24, 2.45) is 5.92 Å². The van der Waals surface area contributed by atoms with Crippen molar-refractivity contribution >= 4 is 5.69 Å². The summed E-state index contributed by atoms with van der Waals surface area (Å²) in [5.74, 6) is -14.3. The van der Waals surface area contributed by atoms with Crippen LogP contribution >= 0.6 is 0 Å². The van der Waals surface area contributed by atoms with E-state index < -0.39 is 53.4 Å². The summed E-state index contributed by atoms with van der Waals surface area (Å²) < 4.78 is 101. The van der Waals surface area contributed by atoms with Gasteiger partial charge in [-0.25, -0.2) is 22.0 Å². The van der Waals surface area contributed by atoms with E-state index in [1.54, 1.807) is 0 Å². The zero-order valence-electron chi connectivity index (χ0n) is 9.26. The highest BCUT2D eigenvalue weighted by atomic mass is 19.4. The molecule has 1 N–H and O–H groups in total. The zero-order chi connectivity index (χ0) is 15.7. The lowest BCUT2D eigenvalue weighted by Crippen LogP contribution is -2.29. The van der Waals surface area contributed by atoms with Gasteiger partial charge in [0.2, 0.25) is 5.82 Å². The molecule has 0 spiro atoms. The Morgan fingerprint density at radius 3 is 1.65 bits per heavy atom. The summed E-state index contributed by atoms with van der Waals surface area (Å²) >= 11 is 0. The highest BCUT2D eigenvalue weighted by Crippen LogP contribution is 2.29. The molecule has 0 saturated heterocycles. The van der Waals surface area contributed by atoms with Gasteiger partial charge in [0.25, 0.3) is 0 Å². The fourth-order valence-corrected chi connectivity index (χ4v) is 1.20. The first-order chi connectivity index (χ1) is 9.11. The summed E-state index contributed by atoms with van der Waals surface area (Å²) in [5.41, 5.74) is -1.62. The summed E-state index contributed by atoms with van der Waals surface area (Å²) in [6, 6.07) is 0.798. The van der Waals surface area contributed by atoms with Gasteiger partial charge in [0, 0.05) is 6.54 Å². The van der Waals surface area contributed by atoms with E-state index in [1.165, 1.54) is 5.32 Å². The number of nitrogens with zero attached hydrogens (tertiary/aromatic N) is 1. The Hall–Kier alpha value is -2.05. The lowest BCUT2D eigenvalue weighted by atomic mass is 10.1. The fourth-order valence-electron chi connectivity index (χ4n) is 1.20. The summed E-state index contributed by atoms with van der Waals surface area (Å²) in [6.45, 7) is -1.36. The third-order valence-corrected chi connectivity index (χ3v) is 2.24. The number of benzene rings is 1. The smallest absolute Gasteiger partial charge is 0.378 e. The van der Waals surface area contributed by atoms with E-state index in [4.69, 9.17) is 5.26 Å². The second kappa shape index (κ2) is 5.52. The normalized spacial score (nSPS) is 12.9. The number of hydrogen-bond acceptors (Lipinski definition) is 2. The number of alkyl halides is 3. The van der Waals surface area contributed by atoms with Crippen LogP contribution in [0.2, 0.25) is 0 Å². The van der Waals surface area contributed by atoms with Crippen molar-refractivity contribution in [2.75, 3.05) is 11.9 Å². The molecule has 0 fully saturated rings. The average molecular weight is 304 g/mol. The Labute approximate surface area is 106 Å². The molecule has 1 aromatic rings. The molecule has 20 heavy (non-hydrogen) atoms. The molecule has 1 atom stereocenters. The zero-order valence-corrected chi connectivity index (χ0v) is 9.26. The standard InChI is InChI=1S/C10H4F8N2/c11-4-5(12)7(14)9(8(15)6(4)13)20-2-3(1-19)10(16,17)18/h3,20H,2H2. The fraction of sp³-hybridized carbons (Fsp3) is 0.300. The molecule has 1 aromatic carbocycles. The van der Waals surface area contributed by atoms with Crippen molar-refractivity contribution in [2.45, 2.75) is 6.18 Å². The summed E-state index contributed by atoms with van der Waals surface area (Å²) in [6.07, 6.45) is -5.01. The molecular formula is C10H4F8N2. The molecule has 0 aliphatic rings. The molecule has 2 nitrogen and oxygen atoms in total. The molecule has 0 heterocycles.